The van der Waals surface area contributed by atoms with Crippen molar-refractivity contribution in [3.05, 3.63) is 42.0 Å². The van der Waals surface area contributed by atoms with Crippen molar-refractivity contribution in [3.63, 3.8) is 0 Å². The average Bonchev–Trinajstić information content (AvgIpc) is 2.89. The third-order valence-electron chi connectivity index (χ3n) is 2.73. The molecule has 1 atom stereocenters. The Kier molecular flexibility index (Phi) is 4.52. The van der Waals surface area contributed by atoms with Crippen molar-refractivity contribution < 1.29 is 9.26 Å². The maximum atomic E-state index is 5.61. The molecular formula is C14H19N3O2. The van der Waals surface area contributed by atoms with Crippen LogP contribution in [0.5, 0.6) is 5.75 Å². The molecule has 5 heteroatoms. The highest BCUT2D eigenvalue weighted by Crippen LogP contribution is 2.18. The summed E-state index contributed by atoms with van der Waals surface area (Å²) in [5, 5.41) is 7.10. The monoisotopic (exact) mass is 261 g/mol. The van der Waals surface area contributed by atoms with Gasteiger partial charge in [0.25, 0.3) is 0 Å². The van der Waals surface area contributed by atoms with E-state index >= 15 is 0 Å². The third kappa shape index (κ3) is 4.06. The molecule has 2 aromatic rings. The van der Waals surface area contributed by atoms with Crippen molar-refractivity contribution >= 4 is 0 Å². The van der Waals surface area contributed by atoms with Crippen LogP contribution in [0.4, 0.5) is 0 Å². The van der Waals surface area contributed by atoms with Gasteiger partial charge in [0.15, 0.2) is 5.82 Å². The molecule has 1 unspecified atom stereocenters. The zero-order valence-electron chi connectivity index (χ0n) is 11.5. The number of rotatable bonds is 6. The van der Waals surface area contributed by atoms with Gasteiger partial charge in [-0.25, -0.2) is 0 Å². The summed E-state index contributed by atoms with van der Waals surface area (Å²) in [5.41, 5.74) is 1.19. The molecule has 102 valence electrons. The van der Waals surface area contributed by atoms with Gasteiger partial charge < -0.3 is 14.6 Å². The summed E-state index contributed by atoms with van der Waals surface area (Å²) in [7, 11) is 0. The molecule has 0 amide bonds. The van der Waals surface area contributed by atoms with Crippen LogP contribution in [0.3, 0.4) is 0 Å². The summed E-state index contributed by atoms with van der Waals surface area (Å²) in [6.07, 6.45) is 1.53. The molecule has 0 spiro atoms. The Labute approximate surface area is 113 Å². The predicted octanol–water partition coefficient (Wildman–Crippen LogP) is 2.71. The summed E-state index contributed by atoms with van der Waals surface area (Å²) in [6, 6.07) is 8.31. The van der Waals surface area contributed by atoms with Crippen molar-refractivity contribution in [2.75, 3.05) is 0 Å². The second-order valence-electron chi connectivity index (χ2n) is 4.69. The Morgan fingerprint density at radius 2 is 1.95 bits per heavy atom. The Hall–Kier alpha value is -1.88. The van der Waals surface area contributed by atoms with Gasteiger partial charge in [0.2, 0.25) is 6.39 Å². The first-order valence-corrected chi connectivity index (χ1v) is 6.40. The highest BCUT2D eigenvalue weighted by Gasteiger charge is 2.07. The molecule has 1 N–H and O–H groups in total. The van der Waals surface area contributed by atoms with Crippen molar-refractivity contribution in [1.82, 2.24) is 15.5 Å². The lowest BCUT2D eigenvalue weighted by Crippen LogP contribution is -2.18. The van der Waals surface area contributed by atoms with E-state index in [-0.39, 0.29) is 12.1 Å². The summed E-state index contributed by atoms with van der Waals surface area (Å²) in [4.78, 5) is 3.97. The van der Waals surface area contributed by atoms with Crippen LogP contribution >= 0.6 is 0 Å². The molecule has 0 saturated carbocycles. The van der Waals surface area contributed by atoms with E-state index in [1.54, 1.807) is 0 Å². The lowest BCUT2D eigenvalue weighted by molar-refractivity contribution is 0.242. The predicted molar refractivity (Wildman–Crippen MR) is 71.8 cm³/mol. The van der Waals surface area contributed by atoms with E-state index in [1.807, 2.05) is 26.0 Å². The van der Waals surface area contributed by atoms with Gasteiger partial charge in [0.1, 0.15) is 5.75 Å². The average molecular weight is 261 g/mol. The van der Waals surface area contributed by atoms with Crippen LogP contribution in [0, 0.1) is 0 Å². The van der Waals surface area contributed by atoms with Crippen LogP contribution in [0.15, 0.2) is 35.2 Å². The number of hydrogen-bond donors (Lipinski definition) is 1. The molecule has 1 aromatic carbocycles. The fourth-order valence-electron chi connectivity index (χ4n) is 1.74. The topological polar surface area (TPSA) is 60.2 Å². The molecule has 0 saturated heterocycles. The Bertz CT molecular complexity index is 480. The summed E-state index contributed by atoms with van der Waals surface area (Å²) >= 11 is 0. The molecular weight excluding hydrogens is 242 g/mol. The second-order valence-corrected chi connectivity index (χ2v) is 4.69. The minimum atomic E-state index is 0.194. The largest absolute Gasteiger partial charge is 0.491 e. The lowest BCUT2D eigenvalue weighted by atomic mass is 10.1. The van der Waals surface area contributed by atoms with E-state index in [9.17, 15) is 0 Å². The highest BCUT2D eigenvalue weighted by atomic mass is 16.5. The van der Waals surface area contributed by atoms with E-state index in [2.05, 4.69) is 39.0 Å². The van der Waals surface area contributed by atoms with Crippen LogP contribution in [0.25, 0.3) is 0 Å². The molecule has 0 aliphatic carbocycles. The number of ether oxygens (including phenoxy) is 1. The number of nitrogens with one attached hydrogen (secondary N) is 1. The molecule has 19 heavy (non-hydrogen) atoms. The second kappa shape index (κ2) is 6.33. The third-order valence-corrected chi connectivity index (χ3v) is 2.73. The van der Waals surface area contributed by atoms with Crippen molar-refractivity contribution in [2.45, 2.75) is 39.5 Å². The molecule has 0 aliphatic rings. The maximum Gasteiger partial charge on any atom is 0.213 e. The first-order valence-electron chi connectivity index (χ1n) is 6.40. The molecule has 1 aromatic heterocycles. The fourth-order valence-corrected chi connectivity index (χ4v) is 1.74. The van der Waals surface area contributed by atoms with Gasteiger partial charge in [0.05, 0.1) is 12.6 Å². The van der Waals surface area contributed by atoms with Gasteiger partial charge in [0, 0.05) is 6.04 Å². The van der Waals surface area contributed by atoms with Gasteiger partial charge >= 0.3 is 0 Å². The first-order chi connectivity index (χ1) is 9.15. The maximum absolute atomic E-state index is 5.61. The zero-order chi connectivity index (χ0) is 13.7. The van der Waals surface area contributed by atoms with Crippen LogP contribution in [-0.2, 0) is 6.54 Å². The minimum Gasteiger partial charge on any atom is -0.491 e. The lowest BCUT2D eigenvalue weighted by Gasteiger charge is -2.14. The number of benzene rings is 1. The first kappa shape index (κ1) is 13.5. The fraction of sp³-hybridized carbons (Fsp3) is 0.429. The zero-order valence-corrected chi connectivity index (χ0v) is 11.5. The molecule has 0 fully saturated rings. The molecule has 0 aliphatic heterocycles. The SMILES string of the molecule is CC(C)Oc1ccc(C(C)NCc2ncon2)cc1. The molecule has 0 bridgehead atoms. The van der Waals surface area contributed by atoms with Gasteiger partial charge in [-0.1, -0.05) is 17.3 Å². The molecule has 0 radical (unpaired) electrons. The van der Waals surface area contributed by atoms with E-state index in [4.69, 9.17) is 4.74 Å². The summed E-state index contributed by atoms with van der Waals surface area (Å²) < 4.78 is 10.3. The molecule has 5 nitrogen and oxygen atoms in total. The van der Waals surface area contributed by atoms with Crippen molar-refractivity contribution in [2.24, 2.45) is 0 Å². The van der Waals surface area contributed by atoms with E-state index in [0.717, 1.165) is 5.75 Å². The molecule has 1 heterocycles. The number of aromatic nitrogens is 2. The van der Waals surface area contributed by atoms with Crippen LogP contribution in [0.1, 0.15) is 38.2 Å². The van der Waals surface area contributed by atoms with Crippen molar-refractivity contribution in [3.8, 4) is 5.75 Å². The smallest absolute Gasteiger partial charge is 0.213 e. The van der Waals surface area contributed by atoms with Gasteiger partial charge in [-0.15, -0.1) is 0 Å². The Balaban J connectivity index is 1.90. The van der Waals surface area contributed by atoms with Crippen molar-refractivity contribution in [1.29, 1.82) is 0 Å². The Morgan fingerprint density at radius 1 is 1.21 bits per heavy atom. The highest BCUT2D eigenvalue weighted by molar-refractivity contribution is 5.29. The van der Waals surface area contributed by atoms with Gasteiger partial charge in [-0.05, 0) is 38.5 Å². The molecule has 2 rings (SSSR count). The summed E-state index contributed by atoms with van der Waals surface area (Å²) in [6.45, 7) is 6.71. The van der Waals surface area contributed by atoms with E-state index in [1.165, 1.54) is 12.0 Å². The van der Waals surface area contributed by atoms with Crippen LogP contribution < -0.4 is 10.1 Å². The Morgan fingerprint density at radius 3 is 2.53 bits per heavy atom. The summed E-state index contributed by atoms with van der Waals surface area (Å²) in [5.74, 6) is 1.55. The van der Waals surface area contributed by atoms with E-state index in [0.29, 0.717) is 12.4 Å². The quantitative estimate of drug-likeness (QED) is 0.866. The van der Waals surface area contributed by atoms with Crippen LogP contribution in [-0.4, -0.2) is 16.2 Å². The number of hydrogen-bond acceptors (Lipinski definition) is 5. The number of nitrogens with zero attached hydrogens (tertiary/aromatic N) is 2. The standard InChI is InChI=1S/C14H19N3O2/c1-10(2)19-13-6-4-12(5-7-13)11(3)15-8-14-16-9-18-17-14/h4-7,9-11,15H,8H2,1-3H3. The van der Waals surface area contributed by atoms with Gasteiger partial charge in [-0.3, -0.25) is 0 Å². The van der Waals surface area contributed by atoms with Crippen LogP contribution in [0.2, 0.25) is 0 Å². The van der Waals surface area contributed by atoms with E-state index < -0.39 is 0 Å². The van der Waals surface area contributed by atoms with Gasteiger partial charge in [-0.2, -0.15) is 4.98 Å². The minimum absolute atomic E-state index is 0.194. The normalized spacial score (nSPS) is 12.6.